The second kappa shape index (κ2) is 6.14. The Morgan fingerprint density at radius 3 is 2.81 bits per heavy atom. The zero-order valence-corrected chi connectivity index (χ0v) is 14.9. The van der Waals surface area contributed by atoms with Gasteiger partial charge in [0.25, 0.3) is 0 Å². The molecule has 4 aromatic rings. The van der Waals surface area contributed by atoms with Gasteiger partial charge in [-0.05, 0) is 36.5 Å². The molecule has 3 heterocycles. The predicted molar refractivity (Wildman–Crippen MR) is 101 cm³/mol. The van der Waals surface area contributed by atoms with Gasteiger partial charge in [0.1, 0.15) is 17.2 Å². The number of tetrazole rings is 1. The summed E-state index contributed by atoms with van der Waals surface area (Å²) in [6.07, 6.45) is 4.65. The molecule has 8 heteroatoms. The second-order valence-corrected chi connectivity index (χ2v) is 7.51. The average molecular weight is 363 g/mol. The molecule has 1 aliphatic rings. The summed E-state index contributed by atoms with van der Waals surface area (Å²) in [7, 11) is 0. The number of nitrogens with two attached hydrogens (primary N) is 1. The van der Waals surface area contributed by atoms with Crippen molar-refractivity contribution in [1.82, 2.24) is 30.2 Å². The van der Waals surface area contributed by atoms with Gasteiger partial charge in [-0.1, -0.05) is 30.3 Å². The molecule has 7 nitrogen and oxygen atoms in total. The zero-order chi connectivity index (χ0) is 17.5. The lowest BCUT2D eigenvalue weighted by atomic mass is 9.97. The van der Waals surface area contributed by atoms with E-state index in [9.17, 15) is 0 Å². The van der Waals surface area contributed by atoms with E-state index >= 15 is 0 Å². The van der Waals surface area contributed by atoms with Crippen LogP contribution in [0.5, 0.6) is 0 Å². The molecule has 0 unspecified atom stereocenters. The third-order valence-corrected chi connectivity index (χ3v) is 5.84. The highest BCUT2D eigenvalue weighted by molar-refractivity contribution is 7.19. The highest BCUT2D eigenvalue weighted by Crippen LogP contribution is 2.37. The molecule has 1 aliphatic carbocycles. The van der Waals surface area contributed by atoms with E-state index in [4.69, 9.17) is 10.7 Å². The van der Waals surface area contributed by atoms with Gasteiger partial charge in [0.05, 0.1) is 5.39 Å². The molecule has 0 radical (unpaired) electrons. The number of thiophene rings is 1. The van der Waals surface area contributed by atoms with E-state index in [1.54, 1.807) is 11.3 Å². The molecule has 130 valence electrons. The minimum atomic E-state index is 0.350. The van der Waals surface area contributed by atoms with E-state index in [1.165, 1.54) is 28.1 Å². The van der Waals surface area contributed by atoms with Gasteiger partial charge in [0.2, 0.25) is 5.82 Å². The second-order valence-electron chi connectivity index (χ2n) is 6.43. The molecule has 0 amide bonds. The maximum atomic E-state index is 6.27. The van der Waals surface area contributed by atoms with Crippen molar-refractivity contribution in [1.29, 1.82) is 0 Å². The summed E-state index contributed by atoms with van der Waals surface area (Å²) in [5, 5.41) is 13.7. The fourth-order valence-corrected chi connectivity index (χ4v) is 4.73. The summed E-state index contributed by atoms with van der Waals surface area (Å²) < 4.78 is 0. The van der Waals surface area contributed by atoms with Crippen LogP contribution in [0.3, 0.4) is 0 Å². The molecular formula is C18H17N7S. The molecular weight excluding hydrogens is 346 g/mol. The minimum Gasteiger partial charge on any atom is -0.383 e. The van der Waals surface area contributed by atoms with E-state index in [1.807, 2.05) is 30.3 Å². The van der Waals surface area contributed by atoms with Gasteiger partial charge >= 0.3 is 0 Å². The number of fused-ring (bicyclic) bond motifs is 3. The quantitative estimate of drug-likeness (QED) is 0.601. The molecule has 0 atom stereocenters. The lowest BCUT2D eigenvalue weighted by molar-refractivity contribution is 0.556. The molecule has 1 aromatic carbocycles. The van der Waals surface area contributed by atoms with Crippen molar-refractivity contribution < 1.29 is 0 Å². The van der Waals surface area contributed by atoms with Crippen molar-refractivity contribution in [2.75, 3.05) is 5.73 Å². The van der Waals surface area contributed by atoms with Gasteiger partial charge in [-0.3, -0.25) is 0 Å². The van der Waals surface area contributed by atoms with Crippen LogP contribution in [0.1, 0.15) is 29.1 Å². The number of hydrogen-bond donors (Lipinski definition) is 1. The Balaban J connectivity index is 1.48. The molecule has 26 heavy (non-hydrogen) atoms. The molecule has 0 spiro atoms. The van der Waals surface area contributed by atoms with Crippen LogP contribution >= 0.6 is 11.3 Å². The maximum Gasteiger partial charge on any atom is 0.204 e. The third-order valence-electron chi connectivity index (χ3n) is 4.66. The van der Waals surface area contributed by atoms with Crippen molar-refractivity contribution in [2.24, 2.45) is 0 Å². The Morgan fingerprint density at radius 1 is 1.08 bits per heavy atom. The van der Waals surface area contributed by atoms with Crippen LogP contribution in [0.4, 0.5) is 5.82 Å². The largest absolute Gasteiger partial charge is 0.383 e. The van der Waals surface area contributed by atoms with Gasteiger partial charge in [-0.25, -0.2) is 9.97 Å². The zero-order valence-electron chi connectivity index (χ0n) is 14.1. The molecule has 0 bridgehead atoms. The molecule has 2 N–H and O–H groups in total. The minimum absolute atomic E-state index is 0.350. The van der Waals surface area contributed by atoms with Crippen molar-refractivity contribution >= 4 is 27.4 Å². The van der Waals surface area contributed by atoms with E-state index in [-0.39, 0.29) is 0 Å². The first kappa shape index (κ1) is 15.4. The first-order valence-corrected chi connectivity index (χ1v) is 9.49. The van der Waals surface area contributed by atoms with Gasteiger partial charge in [-0.15, -0.1) is 21.5 Å². The molecule has 5 rings (SSSR count). The Hall–Kier alpha value is -2.87. The van der Waals surface area contributed by atoms with Gasteiger partial charge in [0, 0.05) is 10.4 Å². The van der Waals surface area contributed by atoms with Crippen molar-refractivity contribution in [3.63, 3.8) is 0 Å². The number of nitrogen functional groups attached to an aromatic ring is 1. The summed E-state index contributed by atoms with van der Waals surface area (Å²) in [6, 6.07) is 9.77. The van der Waals surface area contributed by atoms with Crippen LogP contribution in [0.25, 0.3) is 21.6 Å². The average Bonchev–Trinajstić information content (AvgIpc) is 3.27. The fraction of sp³-hybridized carbons (Fsp3) is 0.278. The molecule has 0 aliphatic heterocycles. The molecule has 3 aromatic heterocycles. The van der Waals surface area contributed by atoms with Gasteiger partial charge in [-0.2, -0.15) is 4.80 Å². The SMILES string of the molecule is Nc1nc(Cn2nnc(-c3ccccc3)n2)nc2sc3c(c12)CCCC3. The molecule has 0 saturated carbocycles. The molecule has 0 saturated heterocycles. The van der Waals surface area contributed by atoms with Crippen molar-refractivity contribution in [2.45, 2.75) is 32.2 Å². The van der Waals surface area contributed by atoms with Crippen LogP contribution in [0.15, 0.2) is 30.3 Å². The topological polar surface area (TPSA) is 95.4 Å². The first-order chi connectivity index (χ1) is 12.8. The van der Waals surface area contributed by atoms with E-state index in [2.05, 4.69) is 20.4 Å². The van der Waals surface area contributed by atoms with Crippen LogP contribution in [-0.4, -0.2) is 30.2 Å². The predicted octanol–water partition coefficient (Wildman–Crippen LogP) is 2.85. The smallest absolute Gasteiger partial charge is 0.204 e. The maximum absolute atomic E-state index is 6.27. The first-order valence-electron chi connectivity index (χ1n) is 8.68. The number of rotatable bonds is 3. The standard InChI is InChI=1S/C18H17N7S/c19-16-15-12-8-4-5-9-13(12)26-18(15)21-14(20-16)10-25-23-17(22-24-25)11-6-2-1-3-7-11/h1-3,6-7H,4-5,8-10H2,(H2,19,20,21). The number of hydrogen-bond acceptors (Lipinski definition) is 7. The summed E-state index contributed by atoms with van der Waals surface area (Å²) in [6.45, 7) is 0.350. The van der Waals surface area contributed by atoms with E-state index < -0.39 is 0 Å². The molecule has 0 fully saturated rings. The van der Waals surface area contributed by atoms with Gasteiger partial charge in [0.15, 0.2) is 5.82 Å². The monoisotopic (exact) mass is 363 g/mol. The Kier molecular flexibility index (Phi) is 3.63. The highest BCUT2D eigenvalue weighted by Gasteiger charge is 2.20. The number of aromatic nitrogens is 6. The normalized spacial score (nSPS) is 13.8. The Morgan fingerprint density at radius 2 is 1.92 bits per heavy atom. The number of anilines is 1. The summed E-state index contributed by atoms with van der Waals surface area (Å²) in [4.78, 5) is 13.1. The lowest BCUT2D eigenvalue weighted by Crippen LogP contribution is -2.09. The summed E-state index contributed by atoms with van der Waals surface area (Å²) in [5.74, 6) is 1.77. The Labute approximate surface area is 153 Å². The van der Waals surface area contributed by atoms with Crippen LogP contribution in [-0.2, 0) is 19.4 Å². The van der Waals surface area contributed by atoms with Crippen LogP contribution in [0.2, 0.25) is 0 Å². The van der Waals surface area contributed by atoms with Crippen LogP contribution < -0.4 is 5.73 Å². The summed E-state index contributed by atoms with van der Waals surface area (Å²) in [5.41, 5.74) is 8.55. The fourth-order valence-electron chi connectivity index (χ4n) is 3.44. The van der Waals surface area contributed by atoms with E-state index in [0.29, 0.717) is 24.0 Å². The highest BCUT2D eigenvalue weighted by atomic mass is 32.1. The number of aryl methyl sites for hydroxylation is 2. The van der Waals surface area contributed by atoms with E-state index in [0.717, 1.165) is 28.6 Å². The number of nitrogens with zero attached hydrogens (tertiary/aromatic N) is 6. The summed E-state index contributed by atoms with van der Waals surface area (Å²) >= 11 is 1.74. The van der Waals surface area contributed by atoms with Crippen molar-refractivity contribution in [3.05, 3.63) is 46.6 Å². The Bertz CT molecular complexity index is 1080. The third kappa shape index (κ3) is 2.62. The van der Waals surface area contributed by atoms with Crippen LogP contribution in [0, 0.1) is 0 Å². The van der Waals surface area contributed by atoms with Crippen molar-refractivity contribution in [3.8, 4) is 11.4 Å². The number of benzene rings is 1. The lowest BCUT2D eigenvalue weighted by Gasteiger charge is -2.10. The van der Waals surface area contributed by atoms with Gasteiger partial charge < -0.3 is 5.73 Å².